The van der Waals surface area contributed by atoms with E-state index in [1.165, 1.54) is 22.2 Å². The zero-order chi connectivity index (χ0) is 26.4. The highest BCUT2D eigenvalue weighted by molar-refractivity contribution is 8.26. The molecule has 0 radical (unpaired) electrons. The molecule has 38 heavy (non-hydrogen) atoms. The fourth-order valence-corrected chi connectivity index (χ4v) is 6.33. The molecule has 2 aliphatic heterocycles. The molecule has 190 valence electrons. The summed E-state index contributed by atoms with van der Waals surface area (Å²) in [6.07, 6.45) is 5.33. The first-order valence-electron chi connectivity index (χ1n) is 12.3. The summed E-state index contributed by atoms with van der Waals surface area (Å²) in [6.45, 7) is 2.92. The van der Waals surface area contributed by atoms with E-state index in [0.29, 0.717) is 31.3 Å². The largest absolute Gasteiger partial charge is 0.325 e. The van der Waals surface area contributed by atoms with Crippen LogP contribution in [0.5, 0.6) is 0 Å². The van der Waals surface area contributed by atoms with Crippen molar-refractivity contribution in [1.82, 2.24) is 14.3 Å². The highest BCUT2D eigenvalue weighted by Gasteiger charge is 2.33. The van der Waals surface area contributed by atoms with Gasteiger partial charge in [-0.05, 0) is 60.7 Å². The van der Waals surface area contributed by atoms with Gasteiger partial charge in [0.15, 0.2) is 0 Å². The molecule has 1 fully saturated rings. The number of thiocarbonyl (C=S) groups is 1. The van der Waals surface area contributed by atoms with Crippen molar-refractivity contribution in [3.8, 4) is 0 Å². The molecule has 0 spiro atoms. The number of halogens is 1. The minimum Gasteiger partial charge on any atom is -0.325 e. The van der Waals surface area contributed by atoms with Crippen molar-refractivity contribution in [2.45, 2.75) is 26.3 Å². The smallest absolute Gasteiger partial charge is 0.267 e. The summed E-state index contributed by atoms with van der Waals surface area (Å²) in [4.78, 5) is 36.4. The number of thioether (sulfide) groups is 1. The first-order chi connectivity index (χ1) is 18.4. The topological polar surface area (TPSA) is 57.9 Å². The van der Waals surface area contributed by atoms with Gasteiger partial charge in [-0.15, -0.1) is 0 Å². The normalized spacial score (nSPS) is 16.5. The molecule has 1 saturated heterocycles. The van der Waals surface area contributed by atoms with Crippen molar-refractivity contribution in [1.29, 1.82) is 0 Å². The molecule has 4 aromatic rings. The molecule has 9 heteroatoms. The Bertz CT molecular complexity index is 1710. The van der Waals surface area contributed by atoms with Crippen LogP contribution >= 0.6 is 35.6 Å². The van der Waals surface area contributed by atoms with E-state index in [2.05, 4.69) is 17.0 Å². The molecule has 0 aliphatic carbocycles. The van der Waals surface area contributed by atoms with E-state index in [4.69, 9.17) is 28.8 Å². The number of para-hydroxylation sites is 1. The number of carbonyl (C=O) groups is 1. The molecule has 0 saturated carbocycles. The van der Waals surface area contributed by atoms with E-state index in [-0.39, 0.29) is 18.0 Å². The van der Waals surface area contributed by atoms with Gasteiger partial charge in [0.2, 0.25) is 0 Å². The highest BCUT2D eigenvalue weighted by atomic mass is 35.5. The maximum atomic E-state index is 13.9. The molecular formula is C29H23ClN4O2S2. The minimum atomic E-state index is -0.251. The Morgan fingerprint density at radius 2 is 1.87 bits per heavy atom. The van der Waals surface area contributed by atoms with E-state index < -0.39 is 0 Å². The van der Waals surface area contributed by atoms with E-state index in [1.54, 1.807) is 22.7 Å². The van der Waals surface area contributed by atoms with E-state index in [9.17, 15) is 9.59 Å². The third-order valence-corrected chi connectivity index (χ3v) is 8.53. The van der Waals surface area contributed by atoms with Gasteiger partial charge in [-0.1, -0.05) is 78.0 Å². The maximum absolute atomic E-state index is 13.9. The molecule has 2 aromatic heterocycles. The number of amides is 1. The van der Waals surface area contributed by atoms with Crippen LogP contribution in [0.1, 0.15) is 28.7 Å². The summed E-state index contributed by atoms with van der Waals surface area (Å²) in [5.41, 5.74) is 4.68. The number of anilines is 2. The SMILES string of the molecule is Cc1ccc2nc(N3CCCc4ccccc43)c(/C=C3/SC(=S)N(Cc4ccccc4Cl)C3=O)c(=O)n2c1. The Morgan fingerprint density at radius 3 is 2.71 bits per heavy atom. The zero-order valence-electron chi connectivity index (χ0n) is 20.6. The van der Waals surface area contributed by atoms with Gasteiger partial charge in [-0.25, -0.2) is 4.98 Å². The van der Waals surface area contributed by atoms with Gasteiger partial charge in [-0.3, -0.25) is 18.9 Å². The zero-order valence-corrected chi connectivity index (χ0v) is 22.9. The van der Waals surface area contributed by atoms with Crippen LogP contribution in [0, 0.1) is 6.92 Å². The fourth-order valence-electron chi connectivity index (χ4n) is 4.90. The van der Waals surface area contributed by atoms with E-state index in [1.807, 2.05) is 49.4 Å². The maximum Gasteiger partial charge on any atom is 0.267 e. The van der Waals surface area contributed by atoms with Gasteiger partial charge in [0, 0.05) is 23.5 Å². The number of carbonyl (C=O) groups excluding carboxylic acids is 1. The number of benzene rings is 2. The molecule has 0 atom stereocenters. The predicted molar refractivity (Wildman–Crippen MR) is 158 cm³/mol. The highest BCUT2D eigenvalue weighted by Crippen LogP contribution is 2.38. The molecule has 0 N–H and O–H groups in total. The number of nitrogens with zero attached hydrogens (tertiary/aromatic N) is 4. The molecule has 0 unspecified atom stereocenters. The standard InChI is InChI=1S/C29H23ClN4O2S2/c1-18-12-13-25-31-26(32-14-6-9-19-7-3-5-11-23(19)32)21(27(35)33(25)16-18)15-24-28(36)34(29(37)38-24)17-20-8-2-4-10-22(20)30/h2-5,7-8,10-13,15-16H,6,9,14,17H2,1H3/b24-15+. The lowest BCUT2D eigenvalue weighted by atomic mass is 10.0. The monoisotopic (exact) mass is 558 g/mol. The molecule has 2 aliphatic rings. The van der Waals surface area contributed by atoms with Crippen LogP contribution < -0.4 is 10.5 Å². The Balaban J connectivity index is 1.48. The molecule has 1 amide bonds. The average Bonchev–Trinajstić information content (AvgIpc) is 3.18. The van der Waals surface area contributed by atoms with Crippen LogP contribution in [-0.2, 0) is 17.8 Å². The van der Waals surface area contributed by atoms with Crippen molar-refractivity contribution in [3.63, 3.8) is 0 Å². The van der Waals surface area contributed by atoms with Crippen LogP contribution in [0.25, 0.3) is 11.7 Å². The van der Waals surface area contributed by atoms with Crippen LogP contribution in [0.2, 0.25) is 5.02 Å². The molecule has 2 aromatic carbocycles. The number of rotatable bonds is 4. The second-order valence-electron chi connectivity index (χ2n) is 9.33. The Kier molecular flexibility index (Phi) is 6.55. The van der Waals surface area contributed by atoms with Gasteiger partial charge < -0.3 is 4.90 Å². The van der Waals surface area contributed by atoms with E-state index in [0.717, 1.165) is 36.2 Å². The van der Waals surface area contributed by atoms with E-state index >= 15 is 0 Å². The fraction of sp³-hybridized carbons (Fsp3) is 0.172. The van der Waals surface area contributed by atoms with Crippen molar-refractivity contribution in [2.75, 3.05) is 11.4 Å². The number of fused-ring (bicyclic) bond motifs is 2. The quantitative estimate of drug-likeness (QED) is 0.221. The van der Waals surface area contributed by atoms with Crippen LogP contribution in [0.3, 0.4) is 0 Å². The van der Waals surface area contributed by atoms with Crippen LogP contribution in [-0.4, -0.2) is 31.1 Å². The van der Waals surface area contributed by atoms with Crippen molar-refractivity contribution < 1.29 is 4.79 Å². The molecule has 6 nitrogen and oxygen atoms in total. The summed E-state index contributed by atoms with van der Waals surface area (Å²) in [5, 5.41) is 0.573. The van der Waals surface area contributed by atoms with Crippen molar-refractivity contribution in [2.24, 2.45) is 0 Å². The average molecular weight is 559 g/mol. The number of hydrogen-bond donors (Lipinski definition) is 0. The lowest BCUT2D eigenvalue weighted by Crippen LogP contribution is -2.30. The van der Waals surface area contributed by atoms with Gasteiger partial charge >= 0.3 is 0 Å². The number of aryl methyl sites for hydroxylation is 2. The Labute approximate surface area is 234 Å². The number of aromatic nitrogens is 2. The third-order valence-electron chi connectivity index (χ3n) is 6.79. The van der Waals surface area contributed by atoms with Crippen LogP contribution in [0.4, 0.5) is 11.5 Å². The molecule has 0 bridgehead atoms. The first-order valence-corrected chi connectivity index (χ1v) is 13.9. The van der Waals surface area contributed by atoms with Crippen molar-refractivity contribution >= 4 is 69.0 Å². The summed E-state index contributed by atoms with van der Waals surface area (Å²) in [7, 11) is 0. The van der Waals surface area contributed by atoms with Gasteiger partial charge in [0.25, 0.3) is 11.5 Å². The minimum absolute atomic E-state index is 0.229. The summed E-state index contributed by atoms with van der Waals surface area (Å²) in [6, 6.07) is 19.4. The Hall–Kier alpha value is -3.46. The summed E-state index contributed by atoms with van der Waals surface area (Å²) >= 11 is 13.1. The second kappa shape index (κ2) is 10.0. The lowest BCUT2D eigenvalue weighted by Gasteiger charge is -2.31. The number of pyridine rings is 1. The van der Waals surface area contributed by atoms with Gasteiger partial charge in [-0.2, -0.15) is 0 Å². The molecular weight excluding hydrogens is 536 g/mol. The Morgan fingerprint density at radius 1 is 1.08 bits per heavy atom. The summed E-state index contributed by atoms with van der Waals surface area (Å²) in [5.74, 6) is 0.293. The molecule has 6 rings (SSSR count). The third kappa shape index (κ3) is 4.42. The predicted octanol–water partition coefficient (Wildman–Crippen LogP) is 6.14. The van der Waals surface area contributed by atoms with Gasteiger partial charge in [0.1, 0.15) is 15.8 Å². The first kappa shape index (κ1) is 24.9. The second-order valence-corrected chi connectivity index (χ2v) is 11.4. The van der Waals surface area contributed by atoms with Crippen molar-refractivity contribution in [3.05, 3.63) is 109 Å². The van der Waals surface area contributed by atoms with Gasteiger partial charge in [0.05, 0.1) is 17.0 Å². The lowest BCUT2D eigenvalue weighted by molar-refractivity contribution is -0.122. The summed E-state index contributed by atoms with van der Waals surface area (Å²) < 4.78 is 1.97. The van der Waals surface area contributed by atoms with Crippen LogP contribution in [0.15, 0.2) is 76.6 Å². The number of hydrogen-bond acceptors (Lipinski definition) is 6. The molecule has 4 heterocycles.